The molecule has 31 heavy (non-hydrogen) atoms. The Labute approximate surface area is 179 Å². The quantitative estimate of drug-likeness (QED) is 0.292. The number of nitriles is 1. The van der Waals surface area contributed by atoms with E-state index < -0.39 is 5.91 Å². The molecule has 0 radical (unpaired) electrons. The number of carbonyl (C=O) groups excluding carboxylic acids is 1. The molecule has 5 nitrogen and oxygen atoms in total. The van der Waals surface area contributed by atoms with Crippen molar-refractivity contribution in [1.82, 2.24) is 9.55 Å². The lowest BCUT2D eigenvalue weighted by molar-refractivity contribution is -0.112. The Morgan fingerprint density at radius 1 is 1.03 bits per heavy atom. The zero-order valence-electron chi connectivity index (χ0n) is 17.0. The number of anilines is 1. The van der Waals surface area contributed by atoms with Crippen LogP contribution in [0, 0.1) is 11.3 Å². The number of nitrogens with zero attached hydrogens (tertiary/aromatic N) is 2. The summed E-state index contributed by atoms with van der Waals surface area (Å²) >= 11 is 0. The van der Waals surface area contributed by atoms with E-state index in [9.17, 15) is 10.1 Å². The molecule has 2 aromatic heterocycles. The van der Waals surface area contributed by atoms with Crippen molar-refractivity contribution in [2.45, 2.75) is 13.5 Å². The van der Waals surface area contributed by atoms with Gasteiger partial charge in [-0.25, -0.2) is 0 Å². The average Bonchev–Trinajstić information content (AvgIpc) is 3.35. The van der Waals surface area contributed by atoms with Gasteiger partial charge in [-0.05, 0) is 43.3 Å². The van der Waals surface area contributed by atoms with Crippen LogP contribution in [0.4, 0.5) is 5.69 Å². The number of benzene rings is 3. The first-order valence-electron chi connectivity index (χ1n) is 10.2. The van der Waals surface area contributed by atoms with Crippen LogP contribution in [0.25, 0.3) is 38.8 Å². The van der Waals surface area contributed by atoms with Crippen molar-refractivity contribution in [3.8, 4) is 6.07 Å². The first-order chi connectivity index (χ1) is 15.2. The molecule has 1 amide bonds. The summed E-state index contributed by atoms with van der Waals surface area (Å²) in [6.07, 6.45) is 3.43. The van der Waals surface area contributed by atoms with Gasteiger partial charge >= 0.3 is 0 Å². The zero-order chi connectivity index (χ0) is 21.4. The molecule has 150 valence electrons. The van der Waals surface area contributed by atoms with Gasteiger partial charge in [0.25, 0.3) is 5.91 Å². The molecule has 3 aromatic carbocycles. The molecule has 0 aliphatic rings. The number of rotatable bonds is 4. The molecule has 5 heteroatoms. The molecule has 0 bridgehead atoms. The van der Waals surface area contributed by atoms with E-state index in [0.717, 1.165) is 39.3 Å². The Hall–Kier alpha value is -4.30. The number of para-hydroxylation sites is 2. The molecule has 2 heterocycles. The van der Waals surface area contributed by atoms with E-state index in [0.29, 0.717) is 5.69 Å². The molecular formula is C26H20N4O. The van der Waals surface area contributed by atoms with Gasteiger partial charge in [0.05, 0.1) is 0 Å². The van der Waals surface area contributed by atoms with Gasteiger partial charge in [0.2, 0.25) is 0 Å². The van der Waals surface area contributed by atoms with Gasteiger partial charge in [0, 0.05) is 56.7 Å². The number of fused-ring (bicyclic) bond motifs is 4. The van der Waals surface area contributed by atoms with Gasteiger partial charge in [0.15, 0.2) is 0 Å². The second-order valence-corrected chi connectivity index (χ2v) is 7.41. The van der Waals surface area contributed by atoms with Crippen LogP contribution in [0.2, 0.25) is 0 Å². The molecule has 0 unspecified atom stereocenters. The number of amides is 1. The lowest BCUT2D eigenvalue weighted by Gasteiger charge is -2.06. The highest BCUT2D eigenvalue weighted by molar-refractivity contribution is 6.13. The van der Waals surface area contributed by atoms with Crippen molar-refractivity contribution >= 4 is 50.4 Å². The third kappa shape index (κ3) is 3.15. The van der Waals surface area contributed by atoms with E-state index in [2.05, 4.69) is 33.9 Å². The van der Waals surface area contributed by atoms with Crippen LogP contribution in [0.15, 0.2) is 78.5 Å². The summed E-state index contributed by atoms with van der Waals surface area (Å²) in [5, 5.41) is 15.7. The molecule has 0 saturated heterocycles. The SMILES string of the molecule is CCn1c2ccccc2c2cc(NC(=O)/C(C#N)=C/c3c[nH]c4ccccc34)ccc21. The Kier molecular flexibility index (Phi) is 4.53. The third-order valence-corrected chi connectivity index (χ3v) is 5.63. The smallest absolute Gasteiger partial charge is 0.266 e. The maximum absolute atomic E-state index is 12.8. The van der Waals surface area contributed by atoms with Crippen LogP contribution in [-0.2, 0) is 11.3 Å². The maximum Gasteiger partial charge on any atom is 0.266 e. The molecule has 5 rings (SSSR count). The number of aromatic nitrogens is 2. The fraction of sp³-hybridized carbons (Fsp3) is 0.0769. The Bertz CT molecular complexity index is 1530. The van der Waals surface area contributed by atoms with Gasteiger partial charge in [-0.2, -0.15) is 5.26 Å². The van der Waals surface area contributed by atoms with Crippen molar-refractivity contribution in [3.63, 3.8) is 0 Å². The van der Waals surface area contributed by atoms with Crippen LogP contribution in [0.3, 0.4) is 0 Å². The fourth-order valence-electron chi connectivity index (χ4n) is 4.19. The van der Waals surface area contributed by atoms with E-state index in [1.807, 2.05) is 60.7 Å². The van der Waals surface area contributed by atoms with Gasteiger partial charge < -0.3 is 14.9 Å². The summed E-state index contributed by atoms with van der Waals surface area (Å²) in [4.78, 5) is 16.0. The molecule has 0 aliphatic carbocycles. The van der Waals surface area contributed by atoms with Crippen molar-refractivity contribution < 1.29 is 4.79 Å². The van der Waals surface area contributed by atoms with Crippen molar-refractivity contribution in [2.24, 2.45) is 0 Å². The van der Waals surface area contributed by atoms with Crippen LogP contribution in [0.5, 0.6) is 0 Å². The van der Waals surface area contributed by atoms with E-state index in [1.54, 1.807) is 12.3 Å². The van der Waals surface area contributed by atoms with Crippen molar-refractivity contribution in [2.75, 3.05) is 5.32 Å². The number of nitrogens with one attached hydrogen (secondary N) is 2. The molecule has 0 atom stereocenters. The third-order valence-electron chi connectivity index (χ3n) is 5.63. The second-order valence-electron chi connectivity index (χ2n) is 7.41. The number of hydrogen-bond donors (Lipinski definition) is 2. The first-order valence-corrected chi connectivity index (χ1v) is 10.2. The standard InChI is InChI=1S/C26H20N4O/c1-2-30-24-10-6-4-8-21(24)22-14-19(11-12-25(22)30)29-26(31)17(15-27)13-18-16-28-23-9-5-3-7-20(18)23/h3-14,16,28H,2H2,1H3,(H,29,31)/b17-13+. The lowest BCUT2D eigenvalue weighted by atomic mass is 10.1. The minimum Gasteiger partial charge on any atom is -0.361 e. The summed E-state index contributed by atoms with van der Waals surface area (Å²) in [5.41, 5.74) is 4.78. The Morgan fingerprint density at radius 2 is 1.77 bits per heavy atom. The van der Waals surface area contributed by atoms with Gasteiger partial charge in [-0.1, -0.05) is 36.4 Å². The van der Waals surface area contributed by atoms with Crippen LogP contribution < -0.4 is 5.32 Å². The molecule has 5 aromatic rings. The number of aryl methyl sites for hydroxylation is 1. The number of carbonyl (C=O) groups is 1. The van der Waals surface area contributed by atoms with Gasteiger partial charge in [-0.3, -0.25) is 4.79 Å². The largest absolute Gasteiger partial charge is 0.361 e. The molecule has 0 aliphatic heterocycles. The predicted octanol–water partition coefficient (Wildman–Crippen LogP) is 5.84. The van der Waals surface area contributed by atoms with Crippen LogP contribution >= 0.6 is 0 Å². The summed E-state index contributed by atoms with van der Waals surface area (Å²) in [6, 6.07) is 23.9. The van der Waals surface area contributed by atoms with Gasteiger partial charge in [-0.15, -0.1) is 0 Å². The second kappa shape index (κ2) is 7.51. The number of aromatic amines is 1. The Balaban J connectivity index is 1.50. The topological polar surface area (TPSA) is 73.6 Å². The van der Waals surface area contributed by atoms with Crippen molar-refractivity contribution in [3.05, 3.63) is 84.1 Å². The molecule has 0 saturated carbocycles. The van der Waals surface area contributed by atoms with Gasteiger partial charge in [0.1, 0.15) is 11.6 Å². The van der Waals surface area contributed by atoms with E-state index in [1.165, 1.54) is 5.52 Å². The monoisotopic (exact) mass is 404 g/mol. The summed E-state index contributed by atoms with van der Waals surface area (Å²) in [5.74, 6) is -0.425. The number of H-pyrrole nitrogens is 1. The highest BCUT2D eigenvalue weighted by atomic mass is 16.1. The molecule has 0 fully saturated rings. The highest BCUT2D eigenvalue weighted by Gasteiger charge is 2.14. The average molecular weight is 404 g/mol. The van der Waals surface area contributed by atoms with Crippen molar-refractivity contribution in [1.29, 1.82) is 5.26 Å². The summed E-state index contributed by atoms with van der Waals surface area (Å²) in [6.45, 7) is 2.98. The first kappa shape index (κ1) is 18.7. The molecule has 0 spiro atoms. The number of hydrogen-bond acceptors (Lipinski definition) is 2. The maximum atomic E-state index is 12.8. The molecular weight excluding hydrogens is 384 g/mol. The highest BCUT2D eigenvalue weighted by Crippen LogP contribution is 2.31. The lowest BCUT2D eigenvalue weighted by Crippen LogP contribution is -2.13. The Morgan fingerprint density at radius 3 is 2.58 bits per heavy atom. The predicted molar refractivity (Wildman–Crippen MR) is 126 cm³/mol. The molecule has 2 N–H and O–H groups in total. The zero-order valence-corrected chi connectivity index (χ0v) is 17.0. The van der Waals surface area contributed by atoms with E-state index in [-0.39, 0.29) is 5.57 Å². The normalized spacial score (nSPS) is 11.8. The van der Waals surface area contributed by atoms with E-state index in [4.69, 9.17) is 0 Å². The summed E-state index contributed by atoms with van der Waals surface area (Å²) < 4.78 is 2.26. The minimum absolute atomic E-state index is 0.0563. The minimum atomic E-state index is -0.425. The fourth-order valence-corrected chi connectivity index (χ4v) is 4.19. The van der Waals surface area contributed by atoms with Crippen LogP contribution in [0.1, 0.15) is 12.5 Å². The summed E-state index contributed by atoms with van der Waals surface area (Å²) in [7, 11) is 0. The van der Waals surface area contributed by atoms with Crippen LogP contribution in [-0.4, -0.2) is 15.5 Å². The van der Waals surface area contributed by atoms with E-state index >= 15 is 0 Å².